The molecule has 0 aliphatic carbocycles. The molecule has 0 bridgehead atoms. The summed E-state index contributed by atoms with van der Waals surface area (Å²) in [6.45, 7) is 0. The van der Waals surface area contributed by atoms with E-state index in [0.29, 0.717) is 16.4 Å². The molecule has 102 valence electrons. The normalized spacial score (nSPS) is 9.80. The van der Waals surface area contributed by atoms with Crippen LogP contribution in [0.3, 0.4) is 0 Å². The first-order valence-electron chi connectivity index (χ1n) is 5.74. The van der Waals surface area contributed by atoms with Crippen LogP contribution in [0, 0.1) is 0 Å². The van der Waals surface area contributed by atoms with E-state index in [9.17, 15) is 4.79 Å². The quantitative estimate of drug-likeness (QED) is 0.471. The summed E-state index contributed by atoms with van der Waals surface area (Å²) in [5.41, 5.74) is 13.0. The summed E-state index contributed by atoms with van der Waals surface area (Å²) in [7, 11) is 0. The molecule has 3 rings (SSSR count). The van der Waals surface area contributed by atoms with Crippen LogP contribution in [0.2, 0.25) is 0 Å². The van der Waals surface area contributed by atoms with Crippen molar-refractivity contribution in [1.82, 2.24) is 4.98 Å². The molecule has 0 atom stereocenters. The van der Waals surface area contributed by atoms with Crippen molar-refractivity contribution >= 4 is 38.7 Å². The Balaban J connectivity index is 0.000000151. The van der Waals surface area contributed by atoms with Gasteiger partial charge in [0.15, 0.2) is 5.13 Å². The standard InChI is InChI=1S/C7H6N2OS.C7H7NO/c8-7-9-5-2-1-4(10)3-6(5)11-7;8-7-3-1-6(5-9)2-4-7/h1-3,10H,(H2,8,9);1-5H,8H2. The average Bonchev–Trinajstić information content (AvgIpc) is 2.79. The number of hydrogen-bond acceptors (Lipinski definition) is 6. The van der Waals surface area contributed by atoms with Crippen LogP contribution in [0.15, 0.2) is 42.5 Å². The lowest BCUT2D eigenvalue weighted by Gasteiger charge is -1.89. The summed E-state index contributed by atoms with van der Waals surface area (Å²) >= 11 is 1.37. The molecule has 0 fully saturated rings. The number of fused-ring (bicyclic) bond motifs is 1. The fourth-order valence-electron chi connectivity index (χ4n) is 1.51. The minimum atomic E-state index is 0.251. The van der Waals surface area contributed by atoms with Crippen LogP contribution in [0.4, 0.5) is 10.8 Å². The Morgan fingerprint density at radius 2 is 1.80 bits per heavy atom. The van der Waals surface area contributed by atoms with E-state index >= 15 is 0 Å². The third-order valence-electron chi connectivity index (χ3n) is 2.46. The lowest BCUT2D eigenvalue weighted by molar-refractivity contribution is 0.112. The van der Waals surface area contributed by atoms with Gasteiger partial charge in [0.1, 0.15) is 12.0 Å². The van der Waals surface area contributed by atoms with Crippen LogP contribution in [0.1, 0.15) is 10.4 Å². The number of carbonyl (C=O) groups is 1. The number of anilines is 2. The molecule has 0 saturated carbocycles. The van der Waals surface area contributed by atoms with Gasteiger partial charge in [-0.25, -0.2) is 4.98 Å². The maximum Gasteiger partial charge on any atom is 0.181 e. The van der Waals surface area contributed by atoms with Crippen molar-refractivity contribution < 1.29 is 9.90 Å². The zero-order valence-electron chi connectivity index (χ0n) is 10.5. The number of hydrogen-bond donors (Lipinski definition) is 3. The van der Waals surface area contributed by atoms with E-state index in [1.54, 1.807) is 42.5 Å². The molecule has 0 amide bonds. The summed E-state index contributed by atoms with van der Waals surface area (Å²) in [5, 5.41) is 9.61. The molecule has 0 aliphatic heterocycles. The maximum atomic E-state index is 10.1. The molecule has 0 radical (unpaired) electrons. The SMILES string of the molecule is Nc1ccc(C=O)cc1.Nc1nc2ccc(O)cc2s1. The summed E-state index contributed by atoms with van der Waals surface area (Å²) in [4.78, 5) is 14.1. The number of nitrogens with two attached hydrogens (primary N) is 2. The van der Waals surface area contributed by atoms with Crippen molar-refractivity contribution in [3.8, 4) is 5.75 Å². The van der Waals surface area contributed by atoms with E-state index in [2.05, 4.69) is 4.98 Å². The number of aldehydes is 1. The monoisotopic (exact) mass is 287 g/mol. The zero-order valence-corrected chi connectivity index (χ0v) is 11.3. The second-order valence-electron chi connectivity index (χ2n) is 3.99. The van der Waals surface area contributed by atoms with Gasteiger partial charge in [-0.1, -0.05) is 11.3 Å². The van der Waals surface area contributed by atoms with E-state index in [-0.39, 0.29) is 5.75 Å². The van der Waals surface area contributed by atoms with Crippen LogP contribution >= 0.6 is 11.3 Å². The van der Waals surface area contributed by atoms with Crippen molar-refractivity contribution in [3.63, 3.8) is 0 Å². The Bertz CT molecular complexity index is 723. The number of thiazole rings is 1. The molecule has 5 nitrogen and oxygen atoms in total. The minimum absolute atomic E-state index is 0.251. The second-order valence-corrected chi connectivity index (χ2v) is 5.05. The number of nitrogen functional groups attached to an aromatic ring is 2. The third kappa shape index (κ3) is 3.46. The molecule has 0 unspecified atom stereocenters. The van der Waals surface area contributed by atoms with Crippen molar-refractivity contribution in [2.75, 3.05) is 11.5 Å². The highest BCUT2D eigenvalue weighted by Crippen LogP contribution is 2.26. The maximum absolute atomic E-state index is 10.1. The Morgan fingerprint density at radius 1 is 1.10 bits per heavy atom. The van der Waals surface area contributed by atoms with E-state index < -0.39 is 0 Å². The van der Waals surface area contributed by atoms with Crippen molar-refractivity contribution in [2.24, 2.45) is 0 Å². The predicted octanol–water partition coefficient (Wildman–Crippen LogP) is 2.67. The van der Waals surface area contributed by atoms with Gasteiger partial charge in [0.25, 0.3) is 0 Å². The average molecular weight is 287 g/mol. The topological polar surface area (TPSA) is 102 Å². The lowest BCUT2D eigenvalue weighted by Crippen LogP contribution is -1.84. The molecule has 5 N–H and O–H groups in total. The smallest absolute Gasteiger partial charge is 0.181 e. The summed E-state index contributed by atoms with van der Waals surface area (Å²) in [6, 6.07) is 11.8. The van der Waals surface area contributed by atoms with Crippen LogP contribution in [-0.4, -0.2) is 16.4 Å². The Hall–Kier alpha value is -2.60. The fourth-order valence-corrected chi connectivity index (χ4v) is 2.27. The summed E-state index contributed by atoms with van der Waals surface area (Å²) < 4.78 is 0.919. The zero-order chi connectivity index (χ0) is 14.5. The van der Waals surface area contributed by atoms with Crippen LogP contribution in [-0.2, 0) is 0 Å². The van der Waals surface area contributed by atoms with Gasteiger partial charge in [0.05, 0.1) is 10.2 Å². The van der Waals surface area contributed by atoms with Gasteiger partial charge in [0, 0.05) is 11.3 Å². The first-order valence-corrected chi connectivity index (χ1v) is 6.56. The molecule has 1 heterocycles. The Labute approximate surface area is 119 Å². The molecule has 2 aromatic carbocycles. The Kier molecular flexibility index (Phi) is 4.17. The van der Waals surface area contributed by atoms with Gasteiger partial charge in [-0.3, -0.25) is 4.79 Å². The molecule has 0 saturated heterocycles. The number of phenolic OH excluding ortho intramolecular Hbond substituents is 1. The summed E-state index contributed by atoms with van der Waals surface area (Å²) in [5.74, 6) is 0.251. The van der Waals surface area contributed by atoms with Crippen molar-refractivity contribution in [2.45, 2.75) is 0 Å². The molecule has 6 heteroatoms. The number of rotatable bonds is 1. The van der Waals surface area contributed by atoms with Gasteiger partial charge in [0.2, 0.25) is 0 Å². The van der Waals surface area contributed by atoms with Crippen LogP contribution in [0.25, 0.3) is 10.2 Å². The predicted molar refractivity (Wildman–Crippen MR) is 81.9 cm³/mol. The largest absolute Gasteiger partial charge is 0.508 e. The molecule has 20 heavy (non-hydrogen) atoms. The van der Waals surface area contributed by atoms with Crippen molar-refractivity contribution in [1.29, 1.82) is 0 Å². The van der Waals surface area contributed by atoms with E-state index in [4.69, 9.17) is 16.6 Å². The van der Waals surface area contributed by atoms with Crippen LogP contribution < -0.4 is 11.5 Å². The number of benzene rings is 2. The van der Waals surface area contributed by atoms with Gasteiger partial charge in [-0.15, -0.1) is 0 Å². The minimum Gasteiger partial charge on any atom is -0.508 e. The van der Waals surface area contributed by atoms with Gasteiger partial charge in [-0.05, 0) is 42.5 Å². The number of carbonyl (C=O) groups excluding carboxylic acids is 1. The van der Waals surface area contributed by atoms with Gasteiger partial charge < -0.3 is 16.6 Å². The molecular weight excluding hydrogens is 274 g/mol. The molecule has 0 spiro atoms. The highest BCUT2D eigenvalue weighted by molar-refractivity contribution is 7.22. The fraction of sp³-hybridized carbons (Fsp3) is 0. The number of nitrogens with zero attached hydrogens (tertiary/aromatic N) is 1. The lowest BCUT2D eigenvalue weighted by atomic mass is 10.2. The van der Waals surface area contributed by atoms with E-state index in [1.807, 2.05) is 0 Å². The molecule has 3 aromatic rings. The molecular formula is C14H13N3O2S. The first kappa shape index (κ1) is 13.8. The first-order chi connectivity index (χ1) is 9.58. The molecule has 0 aliphatic rings. The van der Waals surface area contributed by atoms with Gasteiger partial charge >= 0.3 is 0 Å². The third-order valence-corrected chi connectivity index (χ3v) is 3.31. The van der Waals surface area contributed by atoms with E-state index in [0.717, 1.165) is 16.5 Å². The Morgan fingerprint density at radius 3 is 2.45 bits per heavy atom. The van der Waals surface area contributed by atoms with Crippen LogP contribution in [0.5, 0.6) is 5.75 Å². The number of phenols is 1. The van der Waals surface area contributed by atoms with E-state index in [1.165, 1.54) is 11.3 Å². The summed E-state index contributed by atoms with van der Waals surface area (Å²) in [6.07, 6.45) is 0.791. The van der Waals surface area contributed by atoms with Crippen molar-refractivity contribution in [3.05, 3.63) is 48.0 Å². The molecule has 1 aromatic heterocycles. The highest BCUT2D eigenvalue weighted by atomic mass is 32.1. The number of aromatic nitrogens is 1. The second kappa shape index (κ2) is 6.03. The van der Waals surface area contributed by atoms with Gasteiger partial charge in [-0.2, -0.15) is 0 Å². The number of aromatic hydroxyl groups is 1. The highest BCUT2D eigenvalue weighted by Gasteiger charge is 1.99.